The molecule has 1 amide bonds. The van der Waals surface area contributed by atoms with Gasteiger partial charge < -0.3 is 14.8 Å². The highest BCUT2D eigenvalue weighted by molar-refractivity contribution is 9.10. The molecule has 1 N–H and O–H groups in total. The molecular formula is C21H21BrN2O3. The fourth-order valence-electron chi connectivity index (χ4n) is 2.77. The second-order valence-electron chi connectivity index (χ2n) is 6.15. The predicted octanol–water partition coefficient (Wildman–Crippen LogP) is 5.39. The van der Waals surface area contributed by atoms with E-state index >= 15 is 0 Å². The van der Waals surface area contributed by atoms with Crippen LogP contribution in [0.3, 0.4) is 0 Å². The molecule has 27 heavy (non-hydrogen) atoms. The van der Waals surface area contributed by atoms with Gasteiger partial charge in [-0.15, -0.1) is 0 Å². The number of hydrogen-bond donors (Lipinski definition) is 1. The smallest absolute Gasteiger partial charge is 0.219 e. The lowest BCUT2D eigenvalue weighted by atomic mass is 10.1. The Morgan fingerprint density at radius 2 is 2.00 bits per heavy atom. The van der Waals surface area contributed by atoms with Gasteiger partial charge in [-0.25, -0.2) is 4.98 Å². The van der Waals surface area contributed by atoms with E-state index in [9.17, 15) is 4.79 Å². The Kier molecular flexibility index (Phi) is 5.96. The molecule has 1 atom stereocenters. The molecule has 0 radical (unpaired) electrons. The van der Waals surface area contributed by atoms with E-state index in [1.54, 1.807) is 0 Å². The van der Waals surface area contributed by atoms with Crippen LogP contribution in [0.25, 0.3) is 10.9 Å². The molecule has 0 saturated carbocycles. The molecule has 5 nitrogen and oxygen atoms in total. The summed E-state index contributed by atoms with van der Waals surface area (Å²) >= 11 is 3.50. The Morgan fingerprint density at radius 1 is 1.19 bits per heavy atom. The van der Waals surface area contributed by atoms with Crippen LogP contribution in [0.15, 0.2) is 53.0 Å². The number of fused-ring (bicyclic) bond motifs is 1. The highest BCUT2D eigenvalue weighted by Crippen LogP contribution is 2.33. The lowest BCUT2D eigenvalue weighted by molar-refractivity contribution is -0.119. The van der Waals surface area contributed by atoms with Gasteiger partial charge in [0, 0.05) is 18.4 Å². The minimum Gasteiger partial charge on any atom is -0.494 e. The molecule has 0 aliphatic rings. The number of pyridine rings is 1. The monoisotopic (exact) mass is 428 g/mol. The van der Waals surface area contributed by atoms with Crippen LogP contribution < -0.4 is 14.8 Å². The number of benzene rings is 2. The molecule has 1 heterocycles. The van der Waals surface area contributed by atoms with Crippen LogP contribution in [0.1, 0.15) is 32.4 Å². The second kappa shape index (κ2) is 8.39. The molecule has 140 valence electrons. The Labute approximate surface area is 166 Å². The maximum atomic E-state index is 11.2. The van der Waals surface area contributed by atoms with E-state index in [-0.39, 0.29) is 11.9 Å². The average molecular weight is 429 g/mol. The average Bonchev–Trinajstić information content (AvgIpc) is 2.63. The first-order valence-corrected chi connectivity index (χ1v) is 9.53. The summed E-state index contributed by atoms with van der Waals surface area (Å²) in [7, 11) is 0. The number of aromatic nitrogens is 1. The molecule has 0 spiro atoms. The summed E-state index contributed by atoms with van der Waals surface area (Å²) in [5.41, 5.74) is 1.86. The summed E-state index contributed by atoms with van der Waals surface area (Å²) in [6.07, 6.45) is 0. The summed E-state index contributed by atoms with van der Waals surface area (Å²) in [4.78, 5) is 15.8. The van der Waals surface area contributed by atoms with E-state index in [0.717, 1.165) is 26.7 Å². The van der Waals surface area contributed by atoms with Crippen LogP contribution in [-0.4, -0.2) is 17.5 Å². The number of rotatable bonds is 6. The predicted molar refractivity (Wildman–Crippen MR) is 109 cm³/mol. The van der Waals surface area contributed by atoms with Crippen LogP contribution in [0.4, 0.5) is 0 Å². The number of nitrogens with one attached hydrogen (secondary N) is 1. The quantitative estimate of drug-likeness (QED) is 0.571. The van der Waals surface area contributed by atoms with Gasteiger partial charge in [0.25, 0.3) is 0 Å². The van der Waals surface area contributed by atoms with Gasteiger partial charge >= 0.3 is 0 Å². The zero-order chi connectivity index (χ0) is 19.4. The van der Waals surface area contributed by atoms with Crippen LogP contribution in [0.2, 0.25) is 0 Å². The first kappa shape index (κ1) is 19.2. The molecule has 0 saturated heterocycles. The molecule has 0 fully saturated rings. The van der Waals surface area contributed by atoms with E-state index in [2.05, 4.69) is 26.2 Å². The molecule has 1 unspecified atom stereocenters. The standard InChI is InChI=1S/C21H21BrN2O3/c1-4-26-17-7-9-20(18(22)12-17)27-21-10-6-16-11-15(5-8-19(16)24-21)13(2)23-14(3)25/h5-13H,4H2,1-3H3,(H,23,25). The Morgan fingerprint density at radius 3 is 2.70 bits per heavy atom. The molecule has 2 aromatic carbocycles. The maximum Gasteiger partial charge on any atom is 0.219 e. The molecule has 3 aromatic rings. The SMILES string of the molecule is CCOc1ccc(Oc2ccc3cc(C(C)NC(C)=O)ccc3n2)c(Br)c1. The van der Waals surface area contributed by atoms with Crippen molar-refractivity contribution in [2.24, 2.45) is 0 Å². The molecule has 0 bridgehead atoms. The number of carbonyl (C=O) groups excluding carboxylic acids is 1. The van der Waals surface area contributed by atoms with E-state index < -0.39 is 0 Å². The van der Waals surface area contributed by atoms with Gasteiger partial charge in [0.15, 0.2) is 0 Å². The third-order valence-corrected chi connectivity index (χ3v) is 4.66. The maximum absolute atomic E-state index is 11.2. The fourth-order valence-corrected chi connectivity index (χ4v) is 3.21. The minimum absolute atomic E-state index is 0.0506. The lowest BCUT2D eigenvalue weighted by Crippen LogP contribution is -2.23. The van der Waals surface area contributed by atoms with Crippen LogP contribution in [0.5, 0.6) is 17.4 Å². The highest BCUT2D eigenvalue weighted by atomic mass is 79.9. The summed E-state index contributed by atoms with van der Waals surface area (Å²) in [5.74, 6) is 1.91. The zero-order valence-corrected chi connectivity index (χ0v) is 17.0. The van der Waals surface area contributed by atoms with Crippen LogP contribution in [0, 0.1) is 0 Å². The van der Waals surface area contributed by atoms with Gasteiger partial charge in [0.1, 0.15) is 11.5 Å². The van der Waals surface area contributed by atoms with Crippen molar-refractivity contribution >= 4 is 32.7 Å². The Bertz CT molecular complexity index is 975. The van der Waals surface area contributed by atoms with Crippen LogP contribution >= 0.6 is 15.9 Å². The van der Waals surface area contributed by atoms with Gasteiger partial charge in [0.05, 0.1) is 22.6 Å². The van der Waals surface area contributed by atoms with Gasteiger partial charge in [0.2, 0.25) is 11.8 Å². The molecular weight excluding hydrogens is 408 g/mol. The molecule has 0 aliphatic heterocycles. The Balaban J connectivity index is 1.81. The number of carbonyl (C=O) groups is 1. The number of ether oxygens (including phenoxy) is 2. The summed E-state index contributed by atoms with van der Waals surface area (Å²) < 4.78 is 12.2. The number of hydrogen-bond acceptors (Lipinski definition) is 4. The van der Waals surface area contributed by atoms with E-state index in [1.165, 1.54) is 6.92 Å². The summed E-state index contributed by atoms with van der Waals surface area (Å²) in [6, 6.07) is 15.2. The van der Waals surface area contributed by atoms with Crippen molar-refractivity contribution in [3.8, 4) is 17.4 Å². The second-order valence-corrected chi connectivity index (χ2v) is 7.01. The first-order chi connectivity index (χ1) is 13.0. The third kappa shape index (κ3) is 4.77. The minimum atomic E-state index is -0.0531. The normalized spacial score (nSPS) is 11.9. The third-order valence-electron chi connectivity index (χ3n) is 4.04. The van der Waals surface area contributed by atoms with Crippen molar-refractivity contribution in [1.29, 1.82) is 0 Å². The van der Waals surface area contributed by atoms with Crippen LogP contribution in [-0.2, 0) is 4.79 Å². The van der Waals surface area contributed by atoms with E-state index in [4.69, 9.17) is 9.47 Å². The fraction of sp³-hybridized carbons (Fsp3) is 0.238. The summed E-state index contributed by atoms with van der Waals surface area (Å²) in [6.45, 7) is 6.03. The largest absolute Gasteiger partial charge is 0.494 e. The number of halogens is 1. The van der Waals surface area contributed by atoms with Crippen molar-refractivity contribution in [3.05, 3.63) is 58.6 Å². The van der Waals surface area contributed by atoms with E-state index in [1.807, 2.05) is 62.4 Å². The highest BCUT2D eigenvalue weighted by Gasteiger charge is 2.10. The van der Waals surface area contributed by atoms with Gasteiger partial charge in [-0.2, -0.15) is 0 Å². The van der Waals surface area contributed by atoms with Crippen molar-refractivity contribution in [1.82, 2.24) is 10.3 Å². The van der Waals surface area contributed by atoms with Crippen molar-refractivity contribution in [3.63, 3.8) is 0 Å². The molecule has 0 aliphatic carbocycles. The van der Waals surface area contributed by atoms with Gasteiger partial charge in [-0.05, 0) is 71.7 Å². The first-order valence-electron chi connectivity index (χ1n) is 8.74. The zero-order valence-electron chi connectivity index (χ0n) is 15.5. The van der Waals surface area contributed by atoms with Crippen molar-refractivity contribution < 1.29 is 14.3 Å². The van der Waals surface area contributed by atoms with Crippen molar-refractivity contribution in [2.75, 3.05) is 6.61 Å². The molecule has 1 aromatic heterocycles. The Hall–Kier alpha value is -2.60. The number of nitrogens with zero attached hydrogens (tertiary/aromatic N) is 1. The molecule has 6 heteroatoms. The lowest BCUT2D eigenvalue weighted by Gasteiger charge is -2.14. The van der Waals surface area contributed by atoms with E-state index in [0.29, 0.717) is 18.2 Å². The number of amides is 1. The van der Waals surface area contributed by atoms with Crippen molar-refractivity contribution in [2.45, 2.75) is 26.8 Å². The topological polar surface area (TPSA) is 60.5 Å². The summed E-state index contributed by atoms with van der Waals surface area (Å²) in [5, 5.41) is 3.88. The van der Waals surface area contributed by atoms with Gasteiger partial charge in [-0.1, -0.05) is 6.07 Å². The molecule has 3 rings (SSSR count). The van der Waals surface area contributed by atoms with Gasteiger partial charge in [-0.3, -0.25) is 4.79 Å².